The molecule has 19 heavy (non-hydrogen) atoms. The molecule has 1 atom stereocenters. The van der Waals surface area contributed by atoms with Crippen LogP contribution in [0.2, 0.25) is 0 Å². The predicted octanol–water partition coefficient (Wildman–Crippen LogP) is 0.509. The van der Waals surface area contributed by atoms with Crippen molar-refractivity contribution in [3.05, 3.63) is 48.2 Å². The largest absolute Gasteiger partial charge is 0.467 e. The zero-order valence-electron chi connectivity index (χ0n) is 10.1. The fraction of sp³-hybridized carbons (Fsp3) is 0.231. The van der Waals surface area contributed by atoms with Crippen molar-refractivity contribution >= 4 is 11.8 Å². The van der Waals surface area contributed by atoms with Gasteiger partial charge in [0.05, 0.1) is 19.4 Å². The van der Waals surface area contributed by atoms with Gasteiger partial charge in [-0.15, -0.1) is 0 Å². The average Bonchev–Trinajstić information content (AvgIpc) is 3.06. The molecule has 0 spiro atoms. The number of hydrogen-bond acceptors (Lipinski definition) is 3. The second-order valence-corrected chi connectivity index (χ2v) is 4.37. The molecule has 2 N–H and O–H groups in total. The van der Waals surface area contributed by atoms with E-state index in [-0.39, 0.29) is 11.8 Å². The molecular formula is C13H13N3O3. The standard InChI is InChI=1S/C13H13N3O3/c17-12(14-7-9-3-2-6-19-9)10-8-16-5-1-4-11(16)13(18)15-10/h1-6,10H,7-8H2,(H,14,17)(H,15,18). The fourth-order valence-corrected chi connectivity index (χ4v) is 2.11. The molecule has 1 aliphatic heterocycles. The molecule has 2 aromatic heterocycles. The maximum absolute atomic E-state index is 12.0. The van der Waals surface area contributed by atoms with Gasteiger partial charge in [0, 0.05) is 6.20 Å². The number of carbonyl (C=O) groups is 2. The molecule has 2 aromatic rings. The molecule has 1 unspecified atom stereocenters. The van der Waals surface area contributed by atoms with Crippen LogP contribution in [0.4, 0.5) is 0 Å². The van der Waals surface area contributed by atoms with Crippen LogP contribution in [0.3, 0.4) is 0 Å². The Kier molecular flexibility index (Phi) is 2.83. The molecule has 0 radical (unpaired) electrons. The summed E-state index contributed by atoms with van der Waals surface area (Å²) in [6.45, 7) is 0.759. The van der Waals surface area contributed by atoms with Crippen LogP contribution in [0.5, 0.6) is 0 Å². The lowest BCUT2D eigenvalue weighted by molar-refractivity contribution is -0.123. The van der Waals surface area contributed by atoms with Crippen molar-refractivity contribution in [3.63, 3.8) is 0 Å². The Labute approximate surface area is 109 Å². The quantitative estimate of drug-likeness (QED) is 0.843. The molecular weight excluding hydrogens is 246 g/mol. The summed E-state index contributed by atoms with van der Waals surface area (Å²) in [6.07, 6.45) is 3.34. The van der Waals surface area contributed by atoms with Crippen molar-refractivity contribution in [2.45, 2.75) is 19.1 Å². The molecule has 0 saturated carbocycles. The average molecular weight is 259 g/mol. The highest BCUT2D eigenvalue weighted by atomic mass is 16.3. The smallest absolute Gasteiger partial charge is 0.268 e. The van der Waals surface area contributed by atoms with Gasteiger partial charge in [-0.2, -0.15) is 0 Å². The Morgan fingerprint density at radius 3 is 3.16 bits per heavy atom. The fourth-order valence-electron chi connectivity index (χ4n) is 2.11. The number of rotatable bonds is 3. The highest BCUT2D eigenvalue weighted by Gasteiger charge is 2.28. The summed E-state index contributed by atoms with van der Waals surface area (Å²) >= 11 is 0. The van der Waals surface area contributed by atoms with Crippen LogP contribution in [-0.2, 0) is 17.9 Å². The van der Waals surface area contributed by atoms with Crippen molar-refractivity contribution in [3.8, 4) is 0 Å². The van der Waals surface area contributed by atoms with Gasteiger partial charge in [-0.1, -0.05) is 0 Å². The predicted molar refractivity (Wildman–Crippen MR) is 66.2 cm³/mol. The van der Waals surface area contributed by atoms with E-state index >= 15 is 0 Å². The van der Waals surface area contributed by atoms with Crippen molar-refractivity contribution in [2.24, 2.45) is 0 Å². The van der Waals surface area contributed by atoms with E-state index in [0.29, 0.717) is 24.5 Å². The number of furan rings is 1. The normalized spacial score (nSPS) is 17.7. The van der Waals surface area contributed by atoms with E-state index in [4.69, 9.17) is 4.42 Å². The maximum atomic E-state index is 12.0. The molecule has 6 heteroatoms. The number of hydrogen-bond donors (Lipinski definition) is 2. The van der Waals surface area contributed by atoms with E-state index in [2.05, 4.69) is 10.6 Å². The minimum atomic E-state index is -0.553. The summed E-state index contributed by atoms with van der Waals surface area (Å²) in [6, 6.07) is 6.51. The minimum Gasteiger partial charge on any atom is -0.467 e. The third kappa shape index (κ3) is 2.24. The molecule has 1 aliphatic rings. The van der Waals surface area contributed by atoms with Gasteiger partial charge in [-0.3, -0.25) is 9.59 Å². The van der Waals surface area contributed by atoms with Crippen LogP contribution < -0.4 is 10.6 Å². The van der Waals surface area contributed by atoms with E-state index in [1.165, 1.54) is 0 Å². The minimum absolute atomic E-state index is 0.218. The van der Waals surface area contributed by atoms with Gasteiger partial charge in [-0.05, 0) is 24.3 Å². The van der Waals surface area contributed by atoms with Crippen LogP contribution in [-0.4, -0.2) is 22.4 Å². The number of fused-ring (bicyclic) bond motifs is 1. The van der Waals surface area contributed by atoms with Gasteiger partial charge in [-0.25, -0.2) is 0 Å². The summed E-state index contributed by atoms with van der Waals surface area (Å²) in [5, 5.41) is 5.42. The van der Waals surface area contributed by atoms with Crippen molar-refractivity contribution in [1.29, 1.82) is 0 Å². The summed E-state index contributed by atoms with van der Waals surface area (Å²) in [5.74, 6) is 0.232. The van der Waals surface area contributed by atoms with E-state index in [1.807, 2.05) is 0 Å². The Morgan fingerprint density at radius 1 is 1.47 bits per heavy atom. The lowest BCUT2D eigenvalue weighted by atomic mass is 10.2. The lowest BCUT2D eigenvalue weighted by Gasteiger charge is -2.24. The molecule has 98 valence electrons. The maximum Gasteiger partial charge on any atom is 0.268 e. The number of aromatic nitrogens is 1. The van der Waals surface area contributed by atoms with Gasteiger partial charge in [0.1, 0.15) is 17.5 Å². The van der Waals surface area contributed by atoms with Gasteiger partial charge in [0.2, 0.25) is 5.91 Å². The zero-order valence-corrected chi connectivity index (χ0v) is 10.1. The second-order valence-electron chi connectivity index (χ2n) is 4.37. The van der Waals surface area contributed by atoms with Gasteiger partial charge in [0.15, 0.2) is 0 Å². The van der Waals surface area contributed by atoms with Crippen molar-refractivity contribution in [1.82, 2.24) is 15.2 Å². The molecule has 6 nitrogen and oxygen atoms in total. The number of nitrogens with zero attached hydrogens (tertiary/aromatic N) is 1. The third-order valence-corrected chi connectivity index (χ3v) is 3.08. The molecule has 3 rings (SSSR count). The van der Waals surface area contributed by atoms with E-state index in [1.54, 1.807) is 41.3 Å². The first kappa shape index (κ1) is 11.6. The van der Waals surface area contributed by atoms with E-state index in [0.717, 1.165) is 0 Å². The van der Waals surface area contributed by atoms with Crippen molar-refractivity contribution < 1.29 is 14.0 Å². The highest BCUT2D eigenvalue weighted by Crippen LogP contribution is 2.10. The molecule has 0 aliphatic carbocycles. The molecule has 0 saturated heterocycles. The molecule has 2 amide bonds. The zero-order chi connectivity index (χ0) is 13.2. The van der Waals surface area contributed by atoms with Crippen LogP contribution in [0.15, 0.2) is 41.1 Å². The Balaban J connectivity index is 1.64. The van der Waals surface area contributed by atoms with Crippen LogP contribution in [0.25, 0.3) is 0 Å². The van der Waals surface area contributed by atoms with Crippen LogP contribution in [0.1, 0.15) is 16.2 Å². The molecule has 0 fully saturated rings. The lowest BCUT2D eigenvalue weighted by Crippen LogP contribution is -2.52. The van der Waals surface area contributed by atoms with Crippen molar-refractivity contribution in [2.75, 3.05) is 0 Å². The summed E-state index contributed by atoms with van der Waals surface area (Å²) in [5.41, 5.74) is 0.579. The Hall–Kier alpha value is -2.50. The first-order valence-corrected chi connectivity index (χ1v) is 6.00. The summed E-state index contributed by atoms with van der Waals surface area (Å²) in [4.78, 5) is 23.8. The first-order chi connectivity index (χ1) is 9.24. The summed E-state index contributed by atoms with van der Waals surface area (Å²) in [7, 11) is 0. The second kappa shape index (κ2) is 4.64. The van der Waals surface area contributed by atoms with Gasteiger partial charge >= 0.3 is 0 Å². The van der Waals surface area contributed by atoms with Gasteiger partial charge < -0.3 is 19.6 Å². The topological polar surface area (TPSA) is 76.3 Å². The van der Waals surface area contributed by atoms with Crippen LogP contribution in [0, 0.1) is 0 Å². The molecule has 0 aromatic carbocycles. The molecule has 3 heterocycles. The Bertz CT molecular complexity index is 600. The number of carbonyl (C=O) groups excluding carboxylic acids is 2. The SMILES string of the molecule is O=C1NC(C(=O)NCc2ccco2)Cn2cccc21. The van der Waals surface area contributed by atoms with E-state index < -0.39 is 6.04 Å². The van der Waals surface area contributed by atoms with Gasteiger partial charge in [0.25, 0.3) is 5.91 Å². The number of nitrogens with one attached hydrogen (secondary N) is 2. The monoisotopic (exact) mass is 259 g/mol. The highest BCUT2D eigenvalue weighted by molar-refractivity contribution is 5.97. The first-order valence-electron chi connectivity index (χ1n) is 6.00. The van der Waals surface area contributed by atoms with Crippen LogP contribution >= 0.6 is 0 Å². The third-order valence-electron chi connectivity index (χ3n) is 3.08. The number of amides is 2. The summed E-state index contributed by atoms with van der Waals surface area (Å²) < 4.78 is 6.90. The Morgan fingerprint density at radius 2 is 2.37 bits per heavy atom. The van der Waals surface area contributed by atoms with E-state index in [9.17, 15) is 9.59 Å². The molecule has 0 bridgehead atoms.